The zero-order chi connectivity index (χ0) is 13.0. The number of hydrogen-bond acceptors (Lipinski definition) is 3. The van der Waals surface area contributed by atoms with E-state index in [1.54, 1.807) is 0 Å². The maximum absolute atomic E-state index is 6.22. The second-order valence-electron chi connectivity index (χ2n) is 6.96. The number of rotatable bonds is 3. The molecule has 4 aliphatic carbocycles. The van der Waals surface area contributed by atoms with Crippen LogP contribution in [0.4, 0.5) is 5.82 Å². The highest BCUT2D eigenvalue weighted by Crippen LogP contribution is 2.58. The summed E-state index contributed by atoms with van der Waals surface area (Å²) in [6, 6.07) is 2.63. The molecule has 104 valence electrons. The molecule has 0 aromatic carbocycles. The quantitative estimate of drug-likeness (QED) is 0.876. The van der Waals surface area contributed by atoms with Crippen LogP contribution in [0, 0.1) is 23.7 Å². The fourth-order valence-electron chi connectivity index (χ4n) is 5.26. The minimum atomic E-state index is 0.582. The number of nitrogens with zero attached hydrogens (tertiary/aromatic N) is 2. The highest BCUT2D eigenvalue weighted by molar-refractivity contribution is 5.32. The molecule has 1 aromatic rings. The first-order valence-electron chi connectivity index (χ1n) is 7.73. The maximum atomic E-state index is 6.22. The SMILES string of the molecule is CNCc1cc(N)n(C2C3CC4CC(C3)CC2C4)n1. The molecule has 4 bridgehead atoms. The summed E-state index contributed by atoms with van der Waals surface area (Å²) in [5.74, 6) is 4.55. The Morgan fingerprint density at radius 2 is 1.84 bits per heavy atom. The van der Waals surface area contributed by atoms with Crippen molar-refractivity contribution in [1.29, 1.82) is 0 Å². The molecule has 0 unspecified atom stereocenters. The van der Waals surface area contributed by atoms with Crippen molar-refractivity contribution in [3.05, 3.63) is 11.8 Å². The molecule has 1 heterocycles. The van der Waals surface area contributed by atoms with E-state index >= 15 is 0 Å². The summed E-state index contributed by atoms with van der Waals surface area (Å²) in [6.45, 7) is 0.810. The Morgan fingerprint density at radius 3 is 2.42 bits per heavy atom. The highest BCUT2D eigenvalue weighted by atomic mass is 15.3. The van der Waals surface area contributed by atoms with Crippen molar-refractivity contribution in [3.63, 3.8) is 0 Å². The average molecular weight is 260 g/mol. The van der Waals surface area contributed by atoms with Gasteiger partial charge < -0.3 is 11.1 Å². The van der Waals surface area contributed by atoms with Crippen LogP contribution in [0.15, 0.2) is 6.07 Å². The maximum Gasteiger partial charge on any atom is 0.122 e. The molecular formula is C15H24N4. The minimum absolute atomic E-state index is 0.582. The lowest BCUT2D eigenvalue weighted by atomic mass is 9.54. The van der Waals surface area contributed by atoms with Crippen molar-refractivity contribution in [1.82, 2.24) is 15.1 Å². The van der Waals surface area contributed by atoms with Crippen LogP contribution in [0.25, 0.3) is 0 Å². The van der Waals surface area contributed by atoms with Crippen molar-refractivity contribution in [3.8, 4) is 0 Å². The van der Waals surface area contributed by atoms with E-state index in [9.17, 15) is 0 Å². The molecule has 4 fully saturated rings. The van der Waals surface area contributed by atoms with Gasteiger partial charge in [-0.3, -0.25) is 0 Å². The second kappa shape index (κ2) is 4.23. The van der Waals surface area contributed by atoms with Gasteiger partial charge in [0.2, 0.25) is 0 Å². The van der Waals surface area contributed by atoms with Gasteiger partial charge >= 0.3 is 0 Å². The first kappa shape index (κ1) is 11.8. The third-order valence-corrected chi connectivity index (χ3v) is 5.63. The van der Waals surface area contributed by atoms with Crippen LogP contribution in [0.3, 0.4) is 0 Å². The Kier molecular flexibility index (Phi) is 2.62. The Hall–Kier alpha value is -1.03. The number of aromatic nitrogens is 2. The highest BCUT2D eigenvalue weighted by Gasteiger charge is 2.49. The summed E-state index contributed by atoms with van der Waals surface area (Å²) in [7, 11) is 1.96. The summed E-state index contributed by atoms with van der Waals surface area (Å²) in [4.78, 5) is 0. The fourth-order valence-corrected chi connectivity index (χ4v) is 5.26. The molecule has 4 aliphatic rings. The monoisotopic (exact) mass is 260 g/mol. The Bertz CT molecular complexity index is 450. The van der Waals surface area contributed by atoms with Crippen molar-refractivity contribution in [2.45, 2.75) is 44.7 Å². The van der Waals surface area contributed by atoms with Crippen LogP contribution in [-0.4, -0.2) is 16.8 Å². The van der Waals surface area contributed by atoms with Gasteiger partial charge in [0.25, 0.3) is 0 Å². The zero-order valence-corrected chi connectivity index (χ0v) is 11.7. The molecule has 5 rings (SSSR count). The van der Waals surface area contributed by atoms with Gasteiger partial charge in [0.15, 0.2) is 0 Å². The van der Waals surface area contributed by atoms with Crippen molar-refractivity contribution in [2.75, 3.05) is 12.8 Å². The summed E-state index contributed by atoms with van der Waals surface area (Å²) < 4.78 is 2.17. The van der Waals surface area contributed by atoms with Gasteiger partial charge in [-0.25, -0.2) is 4.68 Å². The molecule has 0 atom stereocenters. The van der Waals surface area contributed by atoms with E-state index in [1.165, 1.54) is 32.1 Å². The zero-order valence-electron chi connectivity index (χ0n) is 11.7. The van der Waals surface area contributed by atoms with E-state index in [0.717, 1.165) is 41.7 Å². The summed E-state index contributed by atoms with van der Waals surface area (Å²) in [6.07, 6.45) is 7.16. The number of anilines is 1. The Balaban J connectivity index is 1.65. The number of nitrogens with two attached hydrogens (primary N) is 1. The van der Waals surface area contributed by atoms with Crippen LogP contribution in [0.2, 0.25) is 0 Å². The van der Waals surface area contributed by atoms with E-state index in [2.05, 4.69) is 10.00 Å². The average Bonchev–Trinajstić information content (AvgIpc) is 2.69. The molecule has 0 amide bonds. The van der Waals surface area contributed by atoms with E-state index < -0.39 is 0 Å². The molecule has 4 saturated carbocycles. The van der Waals surface area contributed by atoms with Gasteiger partial charge in [-0.05, 0) is 62.8 Å². The number of nitrogen functional groups attached to an aromatic ring is 1. The van der Waals surface area contributed by atoms with E-state index in [1.807, 2.05) is 13.1 Å². The largest absolute Gasteiger partial charge is 0.384 e. The molecule has 4 heteroatoms. The van der Waals surface area contributed by atoms with Crippen LogP contribution < -0.4 is 11.1 Å². The van der Waals surface area contributed by atoms with Crippen molar-refractivity contribution < 1.29 is 0 Å². The third kappa shape index (κ3) is 1.80. The molecule has 0 spiro atoms. The van der Waals surface area contributed by atoms with Gasteiger partial charge in [0.05, 0.1) is 11.7 Å². The lowest BCUT2D eigenvalue weighted by molar-refractivity contribution is -0.0328. The smallest absolute Gasteiger partial charge is 0.122 e. The van der Waals surface area contributed by atoms with E-state index in [-0.39, 0.29) is 0 Å². The number of nitrogens with one attached hydrogen (secondary N) is 1. The molecule has 3 N–H and O–H groups in total. The van der Waals surface area contributed by atoms with Crippen LogP contribution in [-0.2, 0) is 6.54 Å². The van der Waals surface area contributed by atoms with Gasteiger partial charge in [-0.1, -0.05) is 0 Å². The van der Waals surface area contributed by atoms with Crippen molar-refractivity contribution >= 4 is 5.82 Å². The predicted octanol–water partition coefficient (Wildman–Crippen LogP) is 2.18. The normalized spacial score (nSPS) is 39.9. The molecule has 19 heavy (non-hydrogen) atoms. The van der Waals surface area contributed by atoms with Gasteiger partial charge in [0, 0.05) is 12.6 Å². The first-order valence-corrected chi connectivity index (χ1v) is 7.73. The van der Waals surface area contributed by atoms with Gasteiger partial charge in [-0.15, -0.1) is 0 Å². The van der Waals surface area contributed by atoms with Crippen LogP contribution >= 0.6 is 0 Å². The van der Waals surface area contributed by atoms with Gasteiger partial charge in [-0.2, -0.15) is 5.10 Å². The molecule has 0 radical (unpaired) electrons. The lowest BCUT2D eigenvalue weighted by Crippen LogP contribution is -2.46. The van der Waals surface area contributed by atoms with E-state index in [4.69, 9.17) is 10.8 Å². The second-order valence-corrected chi connectivity index (χ2v) is 6.96. The van der Waals surface area contributed by atoms with E-state index in [0.29, 0.717) is 6.04 Å². The van der Waals surface area contributed by atoms with Gasteiger partial charge in [0.1, 0.15) is 5.82 Å². The molecule has 0 saturated heterocycles. The molecule has 0 aliphatic heterocycles. The lowest BCUT2D eigenvalue weighted by Gasteiger charge is -2.54. The van der Waals surface area contributed by atoms with Crippen LogP contribution in [0.5, 0.6) is 0 Å². The Labute approximate surface area is 114 Å². The summed E-state index contributed by atoms with van der Waals surface area (Å²) in [5.41, 5.74) is 7.30. The summed E-state index contributed by atoms with van der Waals surface area (Å²) >= 11 is 0. The Morgan fingerprint density at radius 1 is 1.21 bits per heavy atom. The summed E-state index contributed by atoms with van der Waals surface area (Å²) in [5, 5.41) is 7.94. The van der Waals surface area contributed by atoms with Crippen LogP contribution in [0.1, 0.15) is 43.8 Å². The molecule has 1 aromatic heterocycles. The third-order valence-electron chi connectivity index (χ3n) is 5.63. The predicted molar refractivity (Wildman–Crippen MR) is 75.5 cm³/mol. The topological polar surface area (TPSA) is 55.9 Å². The number of hydrogen-bond donors (Lipinski definition) is 2. The molecular weight excluding hydrogens is 236 g/mol. The first-order chi connectivity index (χ1) is 9.24. The van der Waals surface area contributed by atoms with Crippen molar-refractivity contribution in [2.24, 2.45) is 23.7 Å². The standard InChI is InChI=1S/C15H24N4/c1-17-8-13-7-14(16)19(18-13)15-11-3-9-2-10(5-11)6-12(15)4-9/h7,9-12,15,17H,2-6,8,16H2,1H3. The minimum Gasteiger partial charge on any atom is -0.384 e. The fraction of sp³-hybridized carbons (Fsp3) is 0.800. The molecule has 4 nitrogen and oxygen atoms in total.